The topological polar surface area (TPSA) is 46.2 Å². The number of sulfone groups is 1. The highest BCUT2D eigenvalue weighted by molar-refractivity contribution is 7.91. The van der Waals surface area contributed by atoms with Gasteiger partial charge in [-0.15, -0.1) is 0 Å². The van der Waals surface area contributed by atoms with Crippen LogP contribution in [0.4, 0.5) is 0 Å². The van der Waals surface area contributed by atoms with Crippen molar-refractivity contribution in [3.63, 3.8) is 0 Å². The average Bonchev–Trinajstić information content (AvgIpc) is 2.37. The first-order chi connectivity index (χ1) is 9.22. The lowest BCUT2D eigenvalue weighted by atomic mass is 9.83. The molecule has 0 saturated heterocycles. The number of likely N-dealkylation sites (N-methyl/N-ethyl adjacent to an activating group) is 1. The Hall–Kier alpha value is -0.870. The first-order valence-corrected chi connectivity index (χ1v) is 8.91. The molecule has 0 saturated carbocycles. The van der Waals surface area contributed by atoms with Crippen molar-refractivity contribution in [1.82, 2.24) is 5.32 Å². The van der Waals surface area contributed by atoms with Gasteiger partial charge in [0.15, 0.2) is 9.84 Å². The van der Waals surface area contributed by atoms with E-state index in [-0.39, 0.29) is 17.2 Å². The largest absolute Gasteiger partial charge is 0.313 e. The molecule has 0 heterocycles. The zero-order valence-electron chi connectivity index (χ0n) is 13.2. The summed E-state index contributed by atoms with van der Waals surface area (Å²) in [7, 11) is -3.16. The molecular weight excluding hydrogens is 270 g/mol. The summed E-state index contributed by atoms with van der Waals surface area (Å²) in [6.07, 6.45) is 0.729. The van der Waals surface area contributed by atoms with Crippen molar-refractivity contribution in [1.29, 1.82) is 0 Å². The molecular formula is C16H27NO2S. The van der Waals surface area contributed by atoms with Gasteiger partial charge in [-0.05, 0) is 30.0 Å². The fraction of sp³-hybridized carbons (Fsp3) is 0.625. The number of nitrogens with one attached hydrogen (secondary N) is 1. The molecule has 1 aromatic carbocycles. The summed E-state index contributed by atoms with van der Waals surface area (Å²) in [5.41, 5.74) is 0.995. The molecule has 0 spiro atoms. The predicted molar refractivity (Wildman–Crippen MR) is 84.8 cm³/mol. The second-order valence-electron chi connectivity index (χ2n) is 6.19. The van der Waals surface area contributed by atoms with Crippen LogP contribution in [0, 0.1) is 5.41 Å². The van der Waals surface area contributed by atoms with Crippen molar-refractivity contribution in [3.05, 3.63) is 29.8 Å². The monoisotopic (exact) mass is 297 g/mol. The maximum atomic E-state index is 12.2. The van der Waals surface area contributed by atoms with Gasteiger partial charge in [0.1, 0.15) is 0 Å². The predicted octanol–water partition coefficient (Wildman–Crippen LogP) is 3.05. The number of hydrogen-bond acceptors (Lipinski definition) is 3. The molecule has 1 aromatic rings. The third-order valence-corrected chi connectivity index (χ3v) is 5.44. The molecule has 0 aliphatic heterocycles. The summed E-state index contributed by atoms with van der Waals surface area (Å²) in [5, 5.41) is 3.47. The van der Waals surface area contributed by atoms with E-state index in [0.29, 0.717) is 4.90 Å². The van der Waals surface area contributed by atoms with E-state index in [1.807, 2.05) is 12.1 Å². The van der Waals surface area contributed by atoms with Gasteiger partial charge in [-0.3, -0.25) is 0 Å². The van der Waals surface area contributed by atoms with Crippen LogP contribution in [0.1, 0.15) is 40.2 Å². The van der Waals surface area contributed by atoms with Gasteiger partial charge in [0.05, 0.1) is 10.6 Å². The standard InChI is InChI=1S/C16H27NO2S/c1-6-17-15(16(3,4)5)12-13-10-8-9-11-14(13)20(18,19)7-2/h8-11,15,17H,6-7,12H2,1-5H3. The summed E-state index contributed by atoms with van der Waals surface area (Å²) in [6.45, 7) is 11.2. The maximum absolute atomic E-state index is 12.2. The highest BCUT2D eigenvalue weighted by Gasteiger charge is 2.26. The molecule has 0 radical (unpaired) electrons. The molecule has 0 fully saturated rings. The van der Waals surface area contributed by atoms with Gasteiger partial charge in [0.25, 0.3) is 0 Å². The molecule has 0 aliphatic carbocycles. The number of rotatable bonds is 6. The van der Waals surface area contributed by atoms with E-state index >= 15 is 0 Å². The molecule has 4 heteroatoms. The van der Waals surface area contributed by atoms with Crippen LogP contribution < -0.4 is 5.32 Å². The van der Waals surface area contributed by atoms with E-state index in [9.17, 15) is 8.42 Å². The molecule has 0 aliphatic rings. The molecule has 1 rings (SSSR count). The summed E-state index contributed by atoms with van der Waals surface area (Å²) in [6, 6.07) is 7.61. The van der Waals surface area contributed by atoms with Crippen molar-refractivity contribution in [3.8, 4) is 0 Å². The van der Waals surface area contributed by atoms with Crippen LogP contribution >= 0.6 is 0 Å². The molecule has 1 N–H and O–H groups in total. The second-order valence-corrected chi connectivity index (χ2v) is 8.44. The van der Waals surface area contributed by atoms with E-state index in [1.165, 1.54) is 0 Å². The molecule has 1 unspecified atom stereocenters. The van der Waals surface area contributed by atoms with E-state index in [0.717, 1.165) is 18.5 Å². The lowest BCUT2D eigenvalue weighted by Crippen LogP contribution is -2.42. The third kappa shape index (κ3) is 4.32. The Morgan fingerprint density at radius 3 is 2.25 bits per heavy atom. The van der Waals surface area contributed by atoms with Crippen LogP contribution in [0.25, 0.3) is 0 Å². The van der Waals surface area contributed by atoms with E-state index in [4.69, 9.17) is 0 Å². The Balaban J connectivity index is 3.15. The van der Waals surface area contributed by atoms with Crippen molar-refractivity contribution in [2.45, 2.75) is 52.0 Å². The Bertz CT molecular complexity index is 530. The molecule has 0 aromatic heterocycles. The Morgan fingerprint density at radius 1 is 1.15 bits per heavy atom. The Labute approximate surface area is 123 Å². The zero-order chi connectivity index (χ0) is 15.4. The van der Waals surface area contributed by atoms with Crippen molar-refractivity contribution in [2.24, 2.45) is 5.41 Å². The highest BCUT2D eigenvalue weighted by Crippen LogP contribution is 2.26. The second kappa shape index (κ2) is 6.72. The van der Waals surface area contributed by atoms with Crippen molar-refractivity contribution < 1.29 is 8.42 Å². The van der Waals surface area contributed by atoms with Gasteiger partial charge in [0.2, 0.25) is 0 Å². The highest BCUT2D eigenvalue weighted by atomic mass is 32.2. The normalized spacial score (nSPS) is 14.2. The minimum absolute atomic E-state index is 0.0824. The van der Waals surface area contributed by atoms with Crippen LogP contribution in [0.15, 0.2) is 29.2 Å². The molecule has 0 bridgehead atoms. The summed E-state index contributed by atoms with van der Waals surface area (Å²) in [4.78, 5) is 0.481. The van der Waals surface area contributed by atoms with Crippen LogP contribution in [0.2, 0.25) is 0 Å². The minimum Gasteiger partial charge on any atom is -0.313 e. The van der Waals surface area contributed by atoms with Crippen LogP contribution in [-0.4, -0.2) is 26.8 Å². The fourth-order valence-electron chi connectivity index (χ4n) is 2.28. The van der Waals surface area contributed by atoms with Gasteiger partial charge < -0.3 is 5.32 Å². The van der Waals surface area contributed by atoms with E-state index < -0.39 is 9.84 Å². The molecule has 0 amide bonds. The van der Waals surface area contributed by atoms with Gasteiger partial charge in [0, 0.05) is 6.04 Å². The van der Waals surface area contributed by atoms with E-state index in [2.05, 4.69) is 33.0 Å². The lowest BCUT2D eigenvalue weighted by molar-refractivity contribution is 0.269. The average molecular weight is 297 g/mol. The van der Waals surface area contributed by atoms with Crippen molar-refractivity contribution in [2.75, 3.05) is 12.3 Å². The summed E-state index contributed by atoms with van der Waals surface area (Å²) >= 11 is 0. The lowest BCUT2D eigenvalue weighted by Gasteiger charge is -2.32. The van der Waals surface area contributed by atoms with Crippen LogP contribution in [-0.2, 0) is 16.3 Å². The van der Waals surface area contributed by atoms with Crippen LogP contribution in [0.5, 0.6) is 0 Å². The summed E-state index contributed by atoms with van der Waals surface area (Å²) in [5.74, 6) is 0.144. The van der Waals surface area contributed by atoms with Gasteiger partial charge in [-0.2, -0.15) is 0 Å². The number of hydrogen-bond donors (Lipinski definition) is 1. The molecule has 20 heavy (non-hydrogen) atoms. The Morgan fingerprint density at radius 2 is 1.75 bits per heavy atom. The zero-order valence-corrected chi connectivity index (χ0v) is 14.0. The van der Waals surface area contributed by atoms with Gasteiger partial charge in [-0.25, -0.2) is 8.42 Å². The Kier molecular flexibility index (Phi) is 5.78. The SMILES string of the molecule is CCNC(Cc1ccccc1S(=O)(=O)CC)C(C)(C)C. The molecule has 114 valence electrons. The third-order valence-electron chi connectivity index (χ3n) is 3.61. The maximum Gasteiger partial charge on any atom is 0.178 e. The smallest absolute Gasteiger partial charge is 0.178 e. The number of benzene rings is 1. The molecule has 1 atom stereocenters. The quantitative estimate of drug-likeness (QED) is 0.878. The van der Waals surface area contributed by atoms with Gasteiger partial charge in [-0.1, -0.05) is 52.8 Å². The van der Waals surface area contributed by atoms with E-state index in [1.54, 1.807) is 19.1 Å². The fourth-order valence-corrected chi connectivity index (χ4v) is 3.43. The van der Waals surface area contributed by atoms with Gasteiger partial charge >= 0.3 is 0 Å². The van der Waals surface area contributed by atoms with Crippen LogP contribution in [0.3, 0.4) is 0 Å². The first kappa shape index (κ1) is 17.2. The van der Waals surface area contributed by atoms with Crippen molar-refractivity contribution >= 4 is 9.84 Å². The first-order valence-electron chi connectivity index (χ1n) is 7.26. The summed E-state index contributed by atoms with van der Waals surface area (Å²) < 4.78 is 24.4. The molecule has 3 nitrogen and oxygen atoms in total. The minimum atomic E-state index is -3.16.